The van der Waals surface area contributed by atoms with E-state index in [1.165, 1.54) is 17.0 Å². The van der Waals surface area contributed by atoms with Gasteiger partial charge < -0.3 is 14.2 Å². The van der Waals surface area contributed by atoms with Gasteiger partial charge in [0.15, 0.2) is 5.13 Å². The highest BCUT2D eigenvalue weighted by molar-refractivity contribution is 7.22. The van der Waals surface area contributed by atoms with Crippen LogP contribution in [0.15, 0.2) is 18.2 Å². The lowest BCUT2D eigenvalue weighted by Crippen LogP contribution is -2.39. The molecule has 0 saturated carbocycles. The van der Waals surface area contributed by atoms with E-state index >= 15 is 0 Å². The highest BCUT2D eigenvalue weighted by atomic mass is 32.1. The van der Waals surface area contributed by atoms with Gasteiger partial charge in [-0.25, -0.2) is 14.8 Å². The Kier molecular flexibility index (Phi) is 4.51. The molecular formula is C19H23N5O2S. The molecule has 0 atom stereocenters. The predicted octanol–water partition coefficient (Wildman–Crippen LogP) is 3.75. The SMILES string of the molecule is COc1ccc2nc(NC(=O)N3CCc4c(nc(C(C)C)n4C)C3)sc2c1. The Hall–Kier alpha value is -2.61. The molecule has 0 unspecified atom stereocenters. The second kappa shape index (κ2) is 6.84. The maximum atomic E-state index is 12.7. The molecule has 1 aliphatic heterocycles. The van der Waals surface area contributed by atoms with Crippen LogP contribution in [0.1, 0.15) is 37.0 Å². The molecule has 1 aliphatic rings. The minimum atomic E-state index is -0.136. The highest BCUT2D eigenvalue weighted by Crippen LogP contribution is 2.30. The molecule has 1 N–H and O–H groups in total. The smallest absolute Gasteiger partial charge is 0.324 e. The normalized spacial score (nSPS) is 13.9. The predicted molar refractivity (Wildman–Crippen MR) is 107 cm³/mol. The van der Waals surface area contributed by atoms with Crippen molar-refractivity contribution in [2.75, 3.05) is 19.0 Å². The number of fused-ring (bicyclic) bond motifs is 2. The van der Waals surface area contributed by atoms with Gasteiger partial charge in [0, 0.05) is 31.6 Å². The monoisotopic (exact) mass is 385 g/mol. The number of urea groups is 1. The highest BCUT2D eigenvalue weighted by Gasteiger charge is 2.26. The van der Waals surface area contributed by atoms with Gasteiger partial charge in [0.25, 0.3) is 0 Å². The average Bonchev–Trinajstić information content (AvgIpc) is 3.21. The molecule has 0 bridgehead atoms. The van der Waals surface area contributed by atoms with Crippen molar-refractivity contribution < 1.29 is 9.53 Å². The first kappa shape index (κ1) is 17.8. The Balaban J connectivity index is 1.50. The van der Waals surface area contributed by atoms with Gasteiger partial charge in [0.1, 0.15) is 11.6 Å². The molecule has 0 spiro atoms. The van der Waals surface area contributed by atoms with Crippen LogP contribution in [0.4, 0.5) is 9.93 Å². The molecule has 3 heterocycles. The van der Waals surface area contributed by atoms with E-state index in [4.69, 9.17) is 9.72 Å². The molecule has 0 aliphatic carbocycles. The zero-order chi connectivity index (χ0) is 19.1. The summed E-state index contributed by atoms with van der Waals surface area (Å²) >= 11 is 1.45. The van der Waals surface area contributed by atoms with Gasteiger partial charge in [-0.3, -0.25) is 5.32 Å². The lowest BCUT2D eigenvalue weighted by molar-refractivity contribution is 0.205. The third-order valence-electron chi connectivity index (χ3n) is 4.90. The summed E-state index contributed by atoms with van der Waals surface area (Å²) in [6.07, 6.45) is 0.815. The van der Waals surface area contributed by atoms with E-state index in [0.29, 0.717) is 24.1 Å². The zero-order valence-corrected chi connectivity index (χ0v) is 16.8. The Morgan fingerprint density at radius 1 is 1.33 bits per heavy atom. The number of hydrogen-bond donors (Lipinski definition) is 1. The van der Waals surface area contributed by atoms with E-state index < -0.39 is 0 Å². The molecule has 27 heavy (non-hydrogen) atoms. The average molecular weight is 385 g/mol. The molecule has 2 aromatic heterocycles. The topological polar surface area (TPSA) is 72.3 Å². The number of nitrogens with one attached hydrogen (secondary N) is 1. The number of methoxy groups -OCH3 is 1. The second-order valence-corrected chi connectivity index (χ2v) is 8.06. The van der Waals surface area contributed by atoms with E-state index in [1.807, 2.05) is 18.2 Å². The van der Waals surface area contributed by atoms with Crippen LogP contribution in [0.3, 0.4) is 0 Å². The Labute approximate surface area is 162 Å². The Morgan fingerprint density at radius 3 is 2.89 bits per heavy atom. The maximum Gasteiger partial charge on any atom is 0.324 e. The Bertz CT molecular complexity index is 1010. The molecule has 8 heteroatoms. The number of nitrogens with zero attached hydrogens (tertiary/aromatic N) is 4. The summed E-state index contributed by atoms with van der Waals surface area (Å²) in [6, 6.07) is 5.56. The fraction of sp³-hybridized carbons (Fsp3) is 0.421. The van der Waals surface area contributed by atoms with Crippen LogP contribution in [0, 0.1) is 0 Å². The first-order valence-corrected chi connectivity index (χ1v) is 9.82. The molecule has 4 rings (SSSR count). The molecule has 142 valence electrons. The van der Waals surface area contributed by atoms with Gasteiger partial charge in [0.05, 0.1) is 29.6 Å². The van der Waals surface area contributed by atoms with Crippen LogP contribution >= 0.6 is 11.3 Å². The summed E-state index contributed by atoms with van der Waals surface area (Å²) in [5.41, 5.74) is 3.08. The lowest BCUT2D eigenvalue weighted by Gasteiger charge is -2.26. The fourth-order valence-electron chi connectivity index (χ4n) is 3.49. The molecular weight excluding hydrogens is 362 g/mol. The van der Waals surface area contributed by atoms with Gasteiger partial charge in [-0.2, -0.15) is 0 Å². The Morgan fingerprint density at radius 2 is 2.15 bits per heavy atom. The summed E-state index contributed by atoms with van der Waals surface area (Å²) in [4.78, 5) is 23.8. The van der Waals surface area contributed by atoms with Gasteiger partial charge in [0.2, 0.25) is 0 Å². The van der Waals surface area contributed by atoms with Crippen molar-refractivity contribution in [2.45, 2.75) is 32.7 Å². The third kappa shape index (κ3) is 3.25. The summed E-state index contributed by atoms with van der Waals surface area (Å²) in [5.74, 6) is 2.22. The number of rotatable bonds is 3. The minimum Gasteiger partial charge on any atom is -0.497 e. The number of thiazole rings is 1. The van der Waals surface area contributed by atoms with Crippen molar-refractivity contribution >= 4 is 32.7 Å². The molecule has 0 radical (unpaired) electrons. The van der Waals surface area contributed by atoms with Gasteiger partial charge in [-0.1, -0.05) is 25.2 Å². The van der Waals surface area contributed by atoms with Crippen molar-refractivity contribution in [2.24, 2.45) is 7.05 Å². The van der Waals surface area contributed by atoms with E-state index in [9.17, 15) is 4.79 Å². The summed E-state index contributed by atoms with van der Waals surface area (Å²) < 4.78 is 8.40. The van der Waals surface area contributed by atoms with Crippen molar-refractivity contribution in [3.63, 3.8) is 0 Å². The summed E-state index contributed by atoms with van der Waals surface area (Å²) in [7, 11) is 3.70. The number of hydrogen-bond acceptors (Lipinski definition) is 5. The van der Waals surface area contributed by atoms with Gasteiger partial charge >= 0.3 is 6.03 Å². The molecule has 1 aromatic carbocycles. The molecule has 3 aromatic rings. The molecule has 0 fully saturated rings. The maximum absolute atomic E-state index is 12.7. The zero-order valence-electron chi connectivity index (χ0n) is 15.9. The molecule has 7 nitrogen and oxygen atoms in total. The van der Waals surface area contributed by atoms with Crippen molar-refractivity contribution in [3.8, 4) is 5.75 Å². The standard InChI is InChI=1S/C19H23N5O2S/c1-11(2)17-20-14-10-24(8-7-15(14)23(17)3)19(25)22-18-21-13-6-5-12(26-4)9-16(13)27-18/h5-6,9,11H,7-8,10H2,1-4H3,(H,21,22,25). The largest absolute Gasteiger partial charge is 0.497 e. The van der Waals surface area contributed by atoms with Crippen molar-refractivity contribution in [1.82, 2.24) is 19.4 Å². The first-order chi connectivity index (χ1) is 13.0. The van der Waals surface area contributed by atoms with Crippen LogP contribution in [0.5, 0.6) is 5.75 Å². The van der Waals surface area contributed by atoms with Crippen molar-refractivity contribution in [3.05, 3.63) is 35.4 Å². The van der Waals surface area contributed by atoms with Crippen LogP contribution in [-0.4, -0.2) is 39.1 Å². The summed E-state index contributed by atoms with van der Waals surface area (Å²) in [5, 5.41) is 3.53. The van der Waals surface area contributed by atoms with Gasteiger partial charge in [-0.15, -0.1) is 0 Å². The number of benzene rings is 1. The van der Waals surface area contributed by atoms with E-state index in [2.05, 4.69) is 35.8 Å². The number of carbonyl (C=O) groups excluding carboxylic acids is 1. The van der Waals surface area contributed by atoms with Crippen LogP contribution < -0.4 is 10.1 Å². The lowest BCUT2D eigenvalue weighted by atomic mass is 10.1. The van der Waals surface area contributed by atoms with E-state index in [1.54, 1.807) is 12.0 Å². The number of imidazole rings is 1. The quantitative estimate of drug-likeness (QED) is 0.745. The number of amides is 2. The first-order valence-electron chi connectivity index (χ1n) is 9.01. The third-order valence-corrected chi connectivity index (χ3v) is 5.84. The van der Waals surface area contributed by atoms with Crippen LogP contribution in [0.25, 0.3) is 10.2 Å². The van der Waals surface area contributed by atoms with E-state index in [0.717, 1.165) is 33.9 Å². The molecule has 0 saturated heterocycles. The van der Waals surface area contributed by atoms with Crippen LogP contribution in [0.2, 0.25) is 0 Å². The molecule has 2 amide bonds. The second-order valence-electron chi connectivity index (χ2n) is 7.03. The van der Waals surface area contributed by atoms with Crippen molar-refractivity contribution in [1.29, 1.82) is 0 Å². The number of ether oxygens (including phenoxy) is 1. The number of anilines is 1. The van der Waals surface area contributed by atoms with Gasteiger partial charge in [-0.05, 0) is 18.2 Å². The van der Waals surface area contributed by atoms with Crippen LogP contribution in [-0.2, 0) is 20.0 Å². The minimum absolute atomic E-state index is 0.136. The summed E-state index contributed by atoms with van der Waals surface area (Å²) in [6.45, 7) is 5.48. The van der Waals surface area contributed by atoms with E-state index in [-0.39, 0.29) is 6.03 Å². The number of carbonyl (C=O) groups is 1. The number of aromatic nitrogens is 3. The fourth-order valence-corrected chi connectivity index (χ4v) is 4.38.